The maximum absolute atomic E-state index is 11.7. The first-order valence-corrected chi connectivity index (χ1v) is 5.92. The number of Topliss-reactive ketones (excluding diaryl/α,β-unsaturated/α-hetero) is 1. The normalized spacial score (nSPS) is 36.3. The number of nitrogens with two attached hydrogens (primary N) is 1. The van der Waals surface area contributed by atoms with E-state index in [1.807, 2.05) is 6.92 Å². The van der Waals surface area contributed by atoms with Crippen LogP contribution in [0.25, 0.3) is 0 Å². The summed E-state index contributed by atoms with van der Waals surface area (Å²) in [5.74, 6) is 0.852. The average molecular weight is 214 g/mol. The van der Waals surface area contributed by atoms with Crippen molar-refractivity contribution < 1.29 is 9.59 Å². The number of thioether (sulfide) groups is 1. The SMILES string of the molecule is CCC(=O)C1CSC2CC(N)C(=O)N21. The van der Waals surface area contributed by atoms with Crippen LogP contribution in [0.4, 0.5) is 0 Å². The number of ketones is 1. The molecular formula is C9H14N2O2S. The van der Waals surface area contributed by atoms with Gasteiger partial charge in [0.05, 0.1) is 11.4 Å². The summed E-state index contributed by atoms with van der Waals surface area (Å²) in [4.78, 5) is 24.9. The van der Waals surface area contributed by atoms with Gasteiger partial charge in [-0.15, -0.1) is 11.8 Å². The second kappa shape index (κ2) is 3.55. The third-order valence-electron chi connectivity index (χ3n) is 2.84. The van der Waals surface area contributed by atoms with Crippen LogP contribution in [0.1, 0.15) is 19.8 Å². The molecule has 1 amide bonds. The highest BCUT2D eigenvalue weighted by atomic mass is 32.2. The van der Waals surface area contributed by atoms with E-state index in [2.05, 4.69) is 0 Å². The van der Waals surface area contributed by atoms with Crippen molar-refractivity contribution in [2.45, 2.75) is 37.2 Å². The molecule has 0 aromatic rings. The minimum atomic E-state index is -0.389. The van der Waals surface area contributed by atoms with Gasteiger partial charge in [0.25, 0.3) is 0 Å². The fourth-order valence-electron chi connectivity index (χ4n) is 2.03. The van der Waals surface area contributed by atoms with Crippen LogP contribution in [-0.4, -0.2) is 39.8 Å². The third-order valence-corrected chi connectivity index (χ3v) is 4.15. The van der Waals surface area contributed by atoms with E-state index >= 15 is 0 Å². The van der Waals surface area contributed by atoms with E-state index in [0.29, 0.717) is 12.8 Å². The summed E-state index contributed by atoms with van der Waals surface area (Å²) in [7, 11) is 0. The Morgan fingerprint density at radius 3 is 3.07 bits per heavy atom. The zero-order valence-corrected chi connectivity index (χ0v) is 8.92. The first kappa shape index (κ1) is 9.98. The molecular weight excluding hydrogens is 200 g/mol. The first-order chi connectivity index (χ1) is 6.65. The monoisotopic (exact) mass is 214 g/mol. The smallest absolute Gasteiger partial charge is 0.241 e. The maximum Gasteiger partial charge on any atom is 0.241 e. The summed E-state index contributed by atoms with van der Waals surface area (Å²) < 4.78 is 0. The fourth-order valence-corrected chi connectivity index (χ4v) is 3.54. The number of amides is 1. The van der Waals surface area contributed by atoms with Crippen molar-refractivity contribution >= 4 is 23.5 Å². The highest BCUT2D eigenvalue weighted by Crippen LogP contribution is 2.37. The van der Waals surface area contributed by atoms with Crippen LogP contribution >= 0.6 is 11.8 Å². The first-order valence-electron chi connectivity index (χ1n) is 4.87. The van der Waals surface area contributed by atoms with E-state index in [9.17, 15) is 9.59 Å². The number of nitrogens with zero attached hydrogens (tertiary/aromatic N) is 1. The molecule has 2 fully saturated rings. The molecule has 14 heavy (non-hydrogen) atoms. The standard InChI is InChI=1S/C9H14N2O2S/c1-2-7(12)6-4-14-8-3-5(10)9(13)11(6)8/h5-6,8H,2-4,10H2,1H3. The summed E-state index contributed by atoms with van der Waals surface area (Å²) in [5.41, 5.74) is 5.66. The molecule has 2 rings (SSSR count). The van der Waals surface area contributed by atoms with Crippen LogP contribution in [0.2, 0.25) is 0 Å². The van der Waals surface area contributed by atoms with Gasteiger partial charge in [-0.3, -0.25) is 9.59 Å². The summed E-state index contributed by atoms with van der Waals surface area (Å²) >= 11 is 1.68. The molecule has 0 saturated carbocycles. The van der Waals surface area contributed by atoms with E-state index in [4.69, 9.17) is 5.73 Å². The van der Waals surface area contributed by atoms with Crippen molar-refractivity contribution in [2.24, 2.45) is 5.73 Å². The van der Waals surface area contributed by atoms with E-state index < -0.39 is 0 Å². The Morgan fingerprint density at radius 2 is 2.43 bits per heavy atom. The lowest BCUT2D eigenvalue weighted by molar-refractivity contribution is -0.136. The minimum absolute atomic E-state index is 0.0493. The molecule has 2 N–H and O–H groups in total. The molecule has 2 heterocycles. The van der Waals surface area contributed by atoms with Crippen LogP contribution in [0.5, 0.6) is 0 Å². The second-order valence-electron chi connectivity index (χ2n) is 3.71. The number of hydrogen-bond donors (Lipinski definition) is 1. The van der Waals surface area contributed by atoms with Gasteiger partial charge in [-0.1, -0.05) is 6.92 Å². The number of rotatable bonds is 2. The molecule has 0 radical (unpaired) electrons. The Kier molecular flexibility index (Phi) is 2.53. The number of carbonyl (C=O) groups is 2. The number of hydrogen-bond acceptors (Lipinski definition) is 4. The fraction of sp³-hybridized carbons (Fsp3) is 0.778. The van der Waals surface area contributed by atoms with Crippen molar-refractivity contribution in [2.75, 3.05) is 5.75 Å². The zero-order valence-electron chi connectivity index (χ0n) is 8.10. The summed E-state index contributed by atoms with van der Waals surface area (Å²) in [6.07, 6.45) is 1.19. The molecule has 5 heteroatoms. The van der Waals surface area contributed by atoms with Gasteiger partial charge in [0.1, 0.15) is 6.04 Å². The molecule has 2 saturated heterocycles. The largest absolute Gasteiger partial charge is 0.320 e. The van der Waals surface area contributed by atoms with Crippen molar-refractivity contribution in [1.29, 1.82) is 0 Å². The Morgan fingerprint density at radius 1 is 1.71 bits per heavy atom. The molecule has 3 atom stereocenters. The van der Waals surface area contributed by atoms with E-state index in [1.165, 1.54) is 0 Å². The molecule has 0 bridgehead atoms. The van der Waals surface area contributed by atoms with Gasteiger partial charge >= 0.3 is 0 Å². The van der Waals surface area contributed by atoms with Crippen LogP contribution in [0.3, 0.4) is 0 Å². The summed E-state index contributed by atoms with van der Waals surface area (Å²) in [6.45, 7) is 1.83. The zero-order chi connectivity index (χ0) is 10.3. The molecule has 78 valence electrons. The van der Waals surface area contributed by atoms with Crippen LogP contribution in [0.15, 0.2) is 0 Å². The van der Waals surface area contributed by atoms with Crippen LogP contribution in [-0.2, 0) is 9.59 Å². The van der Waals surface area contributed by atoms with E-state index in [-0.39, 0.29) is 29.1 Å². The molecule has 2 aliphatic heterocycles. The number of fused-ring (bicyclic) bond motifs is 1. The Balaban J connectivity index is 2.17. The maximum atomic E-state index is 11.7. The lowest BCUT2D eigenvalue weighted by atomic mass is 10.1. The Labute approximate surface area is 87.2 Å². The molecule has 0 aromatic heterocycles. The molecule has 3 unspecified atom stereocenters. The Hall–Kier alpha value is -0.550. The van der Waals surface area contributed by atoms with Gasteiger partial charge in [-0.25, -0.2) is 0 Å². The molecule has 0 aromatic carbocycles. The van der Waals surface area contributed by atoms with E-state index in [1.54, 1.807) is 16.7 Å². The second-order valence-corrected chi connectivity index (χ2v) is 4.92. The quantitative estimate of drug-likeness (QED) is 0.701. The van der Waals surface area contributed by atoms with Gasteiger partial charge < -0.3 is 10.6 Å². The molecule has 0 aliphatic carbocycles. The highest BCUT2D eigenvalue weighted by molar-refractivity contribution is 8.00. The Bertz CT molecular complexity index is 282. The van der Waals surface area contributed by atoms with Gasteiger partial charge in [0, 0.05) is 18.6 Å². The lowest BCUT2D eigenvalue weighted by Gasteiger charge is -2.21. The van der Waals surface area contributed by atoms with Crippen molar-refractivity contribution in [1.82, 2.24) is 4.90 Å². The summed E-state index contributed by atoms with van der Waals surface area (Å²) in [6, 6.07) is -0.601. The lowest BCUT2D eigenvalue weighted by Crippen LogP contribution is -2.44. The van der Waals surface area contributed by atoms with Gasteiger partial charge in [0.2, 0.25) is 5.91 Å². The van der Waals surface area contributed by atoms with Gasteiger partial charge in [-0.05, 0) is 0 Å². The topological polar surface area (TPSA) is 63.4 Å². The van der Waals surface area contributed by atoms with Crippen LogP contribution < -0.4 is 5.73 Å². The van der Waals surface area contributed by atoms with Crippen molar-refractivity contribution in [3.05, 3.63) is 0 Å². The van der Waals surface area contributed by atoms with E-state index in [0.717, 1.165) is 5.75 Å². The predicted molar refractivity (Wildman–Crippen MR) is 54.8 cm³/mol. The number of carbonyl (C=O) groups excluding carboxylic acids is 2. The average Bonchev–Trinajstić information content (AvgIpc) is 2.68. The van der Waals surface area contributed by atoms with Crippen LogP contribution in [0, 0.1) is 0 Å². The molecule has 2 aliphatic rings. The van der Waals surface area contributed by atoms with Crippen molar-refractivity contribution in [3.8, 4) is 0 Å². The molecule has 0 spiro atoms. The minimum Gasteiger partial charge on any atom is -0.320 e. The van der Waals surface area contributed by atoms with Gasteiger partial charge in [-0.2, -0.15) is 0 Å². The molecule has 4 nitrogen and oxygen atoms in total. The predicted octanol–water partition coefficient (Wildman–Crippen LogP) is -0.0334. The van der Waals surface area contributed by atoms with Crippen molar-refractivity contribution in [3.63, 3.8) is 0 Å². The third kappa shape index (κ3) is 1.35. The highest BCUT2D eigenvalue weighted by Gasteiger charge is 2.47. The van der Waals surface area contributed by atoms with Gasteiger partial charge in [0.15, 0.2) is 5.78 Å². The summed E-state index contributed by atoms with van der Waals surface area (Å²) in [5, 5.41) is 0.151.